The highest BCUT2D eigenvalue weighted by molar-refractivity contribution is 14.1. The first-order valence-corrected chi connectivity index (χ1v) is 16.1. The summed E-state index contributed by atoms with van der Waals surface area (Å²) in [6.07, 6.45) is 6.73. The molecule has 1 aromatic heterocycles. The second-order valence-electron chi connectivity index (χ2n) is 10.6. The van der Waals surface area contributed by atoms with Gasteiger partial charge in [0.2, 0.25) is 0 Å². The summed E-state index contributed by atoms with van der Waals surface area (Å²) in [7, 11) is -6.09. The number of aromatic nitrogens is 2. The van der Waals surface area contributed by atoms with E-state index in [1.807, 2.05) is 0 Å². The van der Waals surface area contributed by atoms with Crippen molar-refractivity contribution in [3.63, 3.8) is 0 Å². The van der Waals surface area contributed by atoms with Gasteiger partial charge >= 0.3 is 5.51 Å². The van der Waals surface area contributed by atoms with Gasteiger partial charge < -0.3 is 4.55 Å². The molecule has 0 unspecified atom stereocenters. The third-order valence-corrected chi connectivity index (χ3v) is 8.00. The lowest BCUT2D eigenvalue weighted by atomic mass is 9.92. The molecule has 0 amide bonds. The molecule has 1 heterocycles. The standard InChI is InChI=1S/C27H35I2N2.CHF3O3S/c1-16(2)22-11-20(28)12-23(17(3)4)26(22)30-9-10-31(15-30)27-24(18(5)6)13-21(29)14-25(27)19(7)8;2-1(3,4)8(5,6)7/h9-19H,1-8H3;(H,5,6,7)/q+1;/p-1. The number of nitrogens with zero attached hydrogens (tertiary/aromatic N) is 2. The Balaban J connectivity index is 0.000000580. The van der Waals surface area contributed by atoms with Crippen LogP contribution in [0.3, 0.4) is 0 Å². The molecule has 3 aromatic rings. The van der Waals surface area contributed by atoms with Crippen molar-refractivity contribution < 1.29 is 30.7 Å². The summed E-state index contributed by atoms with van der Waals surface area (Å²) in [4.78, 5) is 0. The molecule has 0 fully saturated rings. The quantitative estimate of drug-likeness (QED) is 0.109. The van der Waals surface area contributed by atoms with Crippen LogP contribution < -0.4 is 4.57 Å². The van der Waals surface area contributed by atoms with Crippen molar-refractivity contribution in [3.8, 4) is 11.4 Å². The minimum absolute atomic E-state index is 0.466. The highest BCUT2D eigenvalue weighted by Crippen LogP contribution is 2.34. The Morgan fingerprint density at radius 2 is 1.10 bits per heavy atom. The van der Waals surface area contributed by atoms with Gasteiger partial charge in [-0.2, -0.15) is 13.2 Å². The van der Waals surface area contributed by atoms with Crippen LogP contribution in [0.5, 0.6) is 0 Å². The van der Waals surface area contributed by atoms with Crippen LogP contribution in [0.25, 0.3) is 11.4 Å². The van der Waals surface area contributed by atoms with E-state index in [0.29, 0.717) is 23.7 Å². The molecule has 39 heavy (non-hydrogen) atoms. The van der Waals surface area contributed by atoms with Crippen LogP contribution in [0, 0.1) is 7.14 Å². The van der Waals surface area contributed by atoms with Gasteiger partial charge in [-0.25, -0.2) is 17.6 Å². The largest absolute Gasteiger partial charge is 0.741 e. The van der Waals surface area contributed by atoms with Crippen molar-refractivity contribution in [3.05, 3.63) is 72.4 Å². The highest BCUT2D eigenvalue weighted by Gasteiger charge is 2.37. The molecule has 0 aliphatic carbocycles. The van der Waals surface area contributed by atoms with E-state index in [1.54, 1.807) is 0 Å². The summed E-state index contributed by atoms with van der Waals surface area (Å²) in [6, 6.07) is 9.39. The molecule has 5 nitrogen and oxygen atoms in total. The summed E-state index contributed by atoms with van der Waals surface area (Å²) in [5.74, 6) is 1.87. The molecule has 0 aliphatic rings. The van der Waals surface area contributed by atoms with Gasteiger partial charge in [-0.05, 0) is 93.1 Å². The lowest BCUT2D eigenvalue weighted by molar-refractivity contribution is -0.596. The summed E-state index contributed by atoms with van der Waals surface area (Å²) < 4.78 is 66.2. The van der Waals surface area contributed by atoms with Crippen LogP contribution in [0.2, 0.25) is 0 Å². The summed E-state index contributed by atoms with van der Waals surface area (Å²) in [5, 5.41) is 0. The fourth-order valence-corrected chi connectivity index (χ4v) is 5.60. The molecule has 0 radical (unpaired) electrons. The van der Waals surface area contributed by atoms with Crippen molar-refractivity contribution in [1.82, 2.24) is 4.57 Å². The van der Waals surface area contributed by atoms with E-state index >= 15 is 0 Å². The van der Waals surface area contributed by atoms with E-state index in [2.05, 4.69) is 153 Å². The third-order valence-electron chi connectivity index (χ3n) is 6.19. The zero-order valence-corrected chi connectivity index (χ0v) is 28.4. The number of hydrogen-bond donors (Lipinski definition) is 0. The van der Waals surface area contributed by atoms with E-state index in [4.69, 9.17) is 13.0 Å². The van der Waals surface area contributed by atoms with Gasteiger partial charge in [0.15, 0.2) is 10.1 Å². The average molecular weight is 790 g/mol. The molecule has 11 heteroatoms. The Morgan fingerprint density at radius 3 is 1.41 bits per heavy atom. The van der Waals surface area contributed by atoms with Crippen LogP contribution in [0.1, 0.15) is 101 Å². The highest BCUT2D eigenvalue weighted by atomic mass is 127. The second kappa shape index (κ2) is 13.2. The zero-order valence-electron chi connectivity index (χ0n) is 23.3. The molecular formula is C28H35F3I2N2O3S. The summed E-state index contributed by atoms with van der Waals surface area (Å²) >= 11 is 4.92. The summed E-state index contributed by atoms with van der Waals surface area (Å²) in [5.41, 5.74) is 2.68. The van der Waals surface area contributed by atoms with Crippen LogP contribution >= 0.6 is 45.2 Å². The smallest absolute Gasteiger partial charge is 0.485 e. The lowest BCUT2D eigenvalue weighted by Gasteiger charge is -2.18. The van der Waals surface area contributed by atoms with Gasteiger partial charge in [-0.3, -0.25) is 0 Å². The van der Waals surface area contributed by atoms with Gasteiger partial charge in [-0.15, -0.1) is 0 Å². The first kappa shape index (κ1) is 34.0. The molecule has 0 spiro atoms. The summed E-state index contributed by atoms with van der Waals surface area (Å²) in [6.45, 7) is 18.4. The molecule has 0 N–H and O–H groups in total. The fourth-order valence-electron chi connectivity index (χ4n) is 4.26. The number of benzene rings is 2. The minimum Gasteiger partial charge on any atom is -0.741 e. The topological polar surface area (TPSA) is 66.0 Å². The number of rotatable bonds is 6. The molecule has 0 saturated carbocycles. The lowest BCUT2D eigenvalue weighted by Crippen LogP contribution is -2.32. The SMILES string of the molecule is CC(C)c1cc(I)cc(C(C)C)c1-n1cc[n+](-c2c(C(C)C)cc(I)cc2C(C)C)c1.O=S(=O)([O-])C(F)(F)F. The zero-order chi connectivity index (χ0) is 30.0. The Labute approximate surface area is 257 Å². The van der Waals surface area contributed by atoms with E-state index in [0.717, 1.165) is 0 Å². The molecule has 0 bridgehead atoms. The Hall–Kier alpha value is -1.19. The Bertz CT molecular complexity index is 1270. The maximum Gasteiger partial charge on any atom is 0.485 e. The molecule has 0 atom stereocenters. The predicted molar refractivity (Wildman–Crippen MR) is 165 cm³/mol. The van der Waals surface area contributed by atoms with Gasteiger partial charge in [0.05, 0.1) is 0 Å². The Morgan fingerprint density at radius 1 is 0.769 bits per heavy atom. The van der Waals surface area contributed by atoms with E-state index in [9.17, 15) is 13.2 Å². The fraction of sp³-hybridized carbons (Fsp3) is 0.464. The van der Waals surface area contributed by atoms with E-state index in [1.165, 1.54) is 40.8 Å². The maximum atomic E-state index is 10.7. The van der Waals surface area contributed by atoms with Gasteiger partial charge in [0.1, 0.15) is 23.8 Å². The first-order valence-electron chi connectivity index (χ1n) is 12.5. The van der Waals surface area contributed by atoms with Gasteiger partial charge in [0, 0.05) is 29.4 Å². The molecule has 216 valence electrons. The van der Waals surface area contributed by atoms with Crippen molar-refractivity contribution >= 4 is 55.3 Å². The molecule has 2 aromatic carbocycles. The minimum atomic E-state index is -6.09. The number of halogens is 5. The van der Waals surface area contributed by atoms with Gasteiger partial charge in [-0.1, -0.05) is 55.4 Å². The Kier molecular flexibility index (Phi) is 11.5. The van der Waals surface area contributed by atoms with E-state index < -0.39 is 15.6 Å². The van der Waals surface area contributed by atoms with Crippen molar-refractivity contribution in [2.45, 2.75) is 84.6 Å². The normalized spacial score (nSPS) is 12.5. The van der Waals surface area contributed by atoms with Crippen molar-refractivity contribution in [2.24, 2.45) is 0 Å². The monoisotopic (exact) mass is 790 g/mol. The van der Waals surface area contributed by atoms with Crippen molar-refractivity contribution in [2.75, 3.05) is 0 Å². The maximum absolute atomic E-state index is 10.7. The van der Waals surface area contributed by atoms with Crippen molar-refractivity contribution in [1.29, 1.82) is 0 Å². The van der Waals surface area contributed by atoms with Crippen LogP contribution in [0.4, 0.5) is 13.2 Å². The second-order valence-corrected chi connectivity index (χ2v) is 14.5. The predicted octanol–water partition coefficient (Wildman–Crippen LogP) is 8.51. The van der Waals surface area contributed by atoms with Crippen LogP contribution in [-0.2, 0) is 10.1 Å². The van der Waals surface area contributed by atoms with Crippen LogP contribution in [0.15, 0.2) is 43.0 Å². The number of imidazole rings is 1. The first-order chi connectivity index (χ1) is 17.8. The number of hydrogen-bond acceptors (Lipinski definition) is 3. The molecule has 3 rings (SSSR count). The molecule has 0 aliphatic heterocycles. The molecular weight excluding hydrogens is 755 g/mol. The number of alkyl halides is 3. The third kappa shape index (κ3) is 8.41. The van der Waals surface area contributed by atoms with E-state index in [-0.39, 0.29) is 0 Å². The van der Waals surface area contributed by atoms with Gasteiger partial charge in [0.25, 0.3) is 6.33 Å². The molecule has 0 saturated heterocycles. The van der Waals surface area contributed by atoms with Crippen LogP contribution in [-0.4, -0.2) is 23.0 Å². The average Bonchev–Trinajstić information content (AvgIpc) is 3.26.